The Morgan fingerprint density at radius 1 is 1.11 bits per heavy atom. The van der Waals surface area contributed by atoms with Crippen LogP contribution in [0.5, 0.6) is 11.5 Å². The number of hydrogen-bond donors (Lipinski definition) is 2. The van der Waals surface area contributed by atoms with Crippen LogP contribution >= 0.6 is 0 Å². The normalized spacial score (nSPS) is 11.2. The van der Waals surface area contributed by atoms with Gasteiger partial charge in [-0.1, -0.05) is 18.2 Å². The van der Waals surface area contributed by atoms with Crippen LogP contribution in [0.4, 0.5) is 5.69 Å². The first-order chi connectivity index (χ1) is 12.9. The third-order valence-electron chi connectivity index (χ3n) is 3.35. The fraction of sp³-hybridized carbons (Fsp3) is 0.211. The summed E-state index contributed by atoms with van der Waals surface area (Å²) in [5.74, 6) is 1.13. The molecule has 0 unspecified atom stereocenters. The van der Waals surface area contributed by atoms with Gasteiger partial charge in [0.15, 0.2) is 0 Å². The first-order valence-electron chi connectivity index (χ1n) is 8.16. The van der Waals surface area contributed by atoms with E-state index < -0.39 is 10.0 Å². The Balaban J connectivity index is 1.74. The van der Waals surface area contributed by atoms with Gasteiger partial charge in [-0.2, -0.15) is 0 Å². The van der Waals surface area contributed by atoms with E-state index in [0.717, 1.165) is 11.8 Å². The topological polar surface area (TPSA) is 93.7 Å². The molecule has 27 heavy (non-hydrogen) atoms. The Morgan fingerprint density at radius 2 is 1.81 bits per heavy atom. The molecule has 0 saturated carbocycles. The minimum atomic E-state index is -3.30. The minimum absolute atomic E-state index is 0.248. The molecule has 0 radical (unpaired) electrons. The van der Waals surface area contributed by atoms with Crippen LogP contribution in [0.2, 0.25) is 0 Å². The Labute approximate surface area is 159 Å². The van der Waals surface area contributed by atoms with E-state index >= 15 is 0 Å². The van der Waals surface area contributed by atoms with Crippen LogP contribution in [-0.4, -0.2) is 40.8 Å². The lowest BCUT2D eigenvalue weighted by atomic mass is 10.2. The number of carbonyl (C=O) groups excluding carboxylic acids is 1. The molecule has 2 aromatic carbocycles. The van der Waals surface area contributed by atoms with Gasteiger partial charge in [0.05, 0.1) is 19.9 Å². The SMILES string of the molecule is COc1cccc(OCCNC(=O)/C=C/c2ccc(NS(C)(=O)=O)cc2)c1. The van der Waals surface area contributed by atoms with E-state index in [1.807, 2.05) is 18.2 Å². The van der Waals surface area contributed by atoms with E-state index in [1.165, 1.54) is 6.08 Å². The average Bonchev–Trinajstić information content (AvgIpc) is 2.63. The molecule has 2 aromatic rings. The molecule has 0 fully saturated rings. The van der Waals surface area contributed by atoms with Gasteiger partial charge < -0.3 is 14.8 Å². The van der Waals surface area contributed by atoms with Crippen molar-refractivity contribution >= 4 is 27.7 Å². The maximum absolute atomic E-state index is 11.8. The third-order valence-corrected chi connectivity index (χ3v) is 3.96. The Bertz CT molecular complexity index is 893. The van der Waals surface area contributed by atoms with Gasteiger partial charge in [0.25, 0.3) is 0 Å². The molecule has 0 aliphatic heterocycles. The van der Waals surface area contributed by atoms with Crippen LogP contribution in [0.25, 0.3) is 6.08 Å². The number of anilines is 1. The van der Waals surface area contributed by atoms with Crippen LogP contribution in [0.1, 0.15) is 5.56 Å². The summed E-state index contributed by atoms with van der Waals surface area (Å²) in [6.45, 7) is 0.691. The van der Waals surface area contributed by atoms with E-state index in [2.05, 4.69) is 10.0 Å². The van der Waals surface area contributed by atoms with Crippen molar-refractivity contribution in [3.8, 4) is 11.5 Å². The lowest BCUT2D eigenvalue weighted by Crippen LogP contribution is -2.26. The second kappa shape index (κ2) is 9.63. The van der Waals surface area contributed by atoms with Crippen LogP contribution in [-0.2, 0) is 14.8 Å². The quantitative estimate of drug-likeness (QED) is 0.506. The van der Waals surface area contributed by atoms with E-state index in [4.69, 9.17) is 9.47 Å². The maximum atomic E-state index is 11.8. The molecule has 2 rings (SSSR count). The maximum Gasteiger partial charge on any atom is 0.244 e. The standard InChI is InChI=1S/C19H22N2O5S/c1-25-17-4-3-5-18(14-17)26-13-12-20-19(22)11-8-15-6-9-16(10-7-15)21-27(2,23)24/h3-11,14,21H,12-13H2,1-2H3,(H,20,22)/b11-8+. The number of methoxy groups -OCH3 is 1. The Kier molecular flexibility index (Phi) is 7.25. The average molecular weight is 390 g/mol. The lowest BCUT2D eigenvalue weighted by Gasteiger charge is -2.08. The first kappa shape index (κ1) is 20.3. The molecule has 7 nitrogen and oxygen atoms in total. The molecule has 8 heteroatoms. The molecule has 0 aliphatic rings. The molecule has 0 heterocycles. The Morgan fingerprint density at radius 3 is 2.48 bits per heavy atom. The van der Waals surface area contributed by atoms with Crippen molar-refractivity contribution in [2.45, 2.75) is 0 Å². The van der Waals surface area contributed by atoms with Crippen molar-refractivity contribution in [2.24, 2.45) is 0 Å². The largest absolute Gasteiger partial charge is 0.497 e. The number of carbonyl (C=O) groups is 1. The van der Waals surface area contributed by atoms with Gasteiger partial charge in [0, 0.05) is 17.8 Å². The highest BCUT2D eigenvalue weighted by atomic mass is 32.2. The van der Waals surface area contributed by atoms with Crippen molar-refractivity contribution in [1.82, 2.24) is 5.32 Å². The number of hydrogen-bond acceptors (Lipinski definition) is 5. The summed E-state index contributed by atoms with van der Waals surface area (Å²) in [6, 6.07) is 13.9. The number of ether oxygens (including phenoxy) is 2. The smallest absolute Gasteiger partial charge is 0.244 e. The monoisotopic (exact) mass is 390 g/mol. The van der Waals surface area contributed by atoms with Crippen LogP contribution < -0.4 is 19.5 Å². The van der Waals surface area contributed by atoms with Crippen LogP contribution in [0.3, 0.4) is 0 Å². The van der Waals surface area contributed by atoms with Gasteiger partial charge in [0.1, 0.15) is 18.1 Å². The molecular weight excluding hydrogens is 368 g/mol. The summed E-state index contributed by atoms with van der Waals surface area (Å²) < 4.78 is 35.3. The summed E-state index contributed by atoms with van der Waals surface area (Å²) in [5, 5.41) is 2.72. The molecule has 144 valence electrons. The van der Waals surface area contributed by atoms with Crippen LogP contribution in [0, 0.1) is 0 Å². The zero-order valence-electron chi connectivity index (χ0n) is 15.1. The molecule has 0 aliphatic carbocycles. The number of nitrogens with one attached hydrogen (secondary N) is 2. The summed E-state index contributed by atoms with van der Waals surface area (Å²) in [7, 11) is -1.72. The van der Waals surface area contributed by atoms with Crippen molar-refractivity contribution in [1.29, 1.82) is 0 Å². The van der Waals surface area contributed by atoms with Crippen molar-refractivity contribution < 1.29 is 22.7 Å². The number of sulfonamides is 1. The second-order valence-electron chi connectivity index (χ2n) is 5.65. The highest BCUT2D eigenvalue weighted by Crippen LogP contribution is 2.18. The van der Waals surface area contributed by atoms with E-state index in [9.17, 15) is 13.2 Å². The summed E-state index contributed by atoms with van der Waals surface area (Å²) in [5.41, 5.74) is 1.24. The van der Waals surface area contributed by atoms with E-state index in [0.29, 0.717) is 30.3 Å². The van der Waals surface area contributed by atoms with Crippen molar-refractivity contribution in [3.05, 3.63) is 60.2 Å². The Hall–Kier alpha value is -3.00. The molecule has 1 amide bonds. The fourth-order valence-corrected chi connectivity index (χ4v) is 2.71. The highest BCUT2D eigenvalue weighted by molar-refractivity contribution is 7.92. The van der Waals surface area contributed by atoms with Crippen molar-refractivity contribution in [2.75, 3.05) is 31.2 Å². The van der Waals surface area contributed by atoms with E-state index in [-0.39, 0.29) is 5.91 Å². The molecule has 2 N–H and O–H groups in total. The zero-order valence-corrected chi connectivity index (χ0v) is 16.0. The number of benzene rings is 2. The van der Waals surface area contributed by atoms with Gasteiger partial charge in [-0.15, -0.1) is 0 Å². The highest BCUT2D eigenvalue weighted by Gasteiger charge is 2.01. The van der Waals surface area contributed by atoms with Crippen LogP contribution in [0.15, 0.2) is 54.6 Å². The number of amides is 1. The minimum Gasteiger partial charge on any atom is -0.497 e. The molecule has 0 bridgehead atoms. The molecule has 0 saturated heterocycles. The van der Waals surface area contributed by atoms with Gasteiger partial charge in [-0.25, -0.2) is 8.42 Å². The lowest BCUT2D eigenvalue weighted by molar-refractivity contribution is -0.116. The predicted molar refractivity (Wildman–Crippen MR) is 105 cm³/mol. The van der Waals surface area contributed by atoms with Gasteiger partial charge in [-0.3, -0.25) is 9.52 Å². The predicted octanol–water partition coefficient (Wildman–Crippen LogP) is 2.28. The van der Waals surface area contributed by atoms with Crippen molar-refractivity contribution in [3.63, 3.8) is 0 Å². The first-order valence-corrected chi connectivity index (χ1v) is 10.1. The fourth-order valence-electron chi connectivity index (χ4n) is 2.14. The summed E-state index contributed by atoms with van der Waals surface area (Å²) >= 11 is 0. The van der Waals surface area contributed by atoms with Gasteiger partial charge >= 0.3 is 0 Å². The second-order valence-corrected chi connectivity index (χ2v) is 7.40. The summed E-state index contributed by atoms with van der Waals surface area (Å²) in [6.07, 6.45) is 4.14. The third kappa shape index (κ3) is 7.83. The molecule has 0 aromatic heterocycles. The number of rotatable bonds is 9. The summed E-state index contributed by atoms with van der Waals surface area (Å²) in [4.78, 5) is 11.8. The van der Waals surface area contributed by atoms with Gasteiger partial charge in [-0.05, 0) is 35.9 Å². The van der Waals surface area contributed by atoms with Gasteiger partial charge in [0.2, 0.25) is 15.9 Å². The van der Waals surface area contributed by atoms with E-state index in [1.54, 1.807) is 43.5 Å². The zero-order chi connectivity index (χ0) is 19.7. The molecule has 0 spiro atoms. The molecular formula is C19H22N2O5S. The molecule has 0 atom stereocenters.